The third-order valence-corrected chi connectivity index (χ3v) is 5.36. The number of anilines is 1. The summed E-state index contributed by atoms with van der Waals surface area (Å²) < 4.78 is 0.844. The van der Waals surface area contributed by atoms with Crippen molar-refractivity contribution in [3.63, 3.8) is 0 Å². The van der Waals surface area contributed by atoms with Gasteiger partial charge in [-0.2, -0.15) is 0 Å². The molecule has 0 saturated heterocycles. The molecule has 0 radical (unpaired) electrons. The van der Waals surface area contributed by atoms with Gasteiger partial charge in [-0.05, 0) is 25.0 Å². The lowest BCUT2D eigenvalue weighted by atomic mass is 10.4. The summed E-state index contributed by atoms with van der Waals surface area (Å²) in [6, 6.07) is 4.77. The van der Waals surface area contributed by atoms with Crippen LogP contribution in [0.3, 0.4) is 0 Å². The molecule has 2 aromatic rings. The van der Waals surface area contributed by atoms with Crippen LogP contribution in [0.1, 0.15) is 22.6 Å². The van der Waals surface area contributed by atoms with E-state index in [9.17, 15) is 0 Å². The zero-order chi connectivity index (χ0) is 13.2. The van der Waals surface area contributed by atoms with Crippen LogP contribution in [0.5, 0.6) is 0 Å². The van der Waals surface area contributed by atoms with Gasteiger partial charge in [0.05, 0.1) is 10.9 Å². The van der Waals surface area contributed by atoms with E-state index in [0.29, 0.717) is 0 Å². The summed E-state index contributed by atoms with van der Waals surface area (Å²) in [6.45, 7) is 1.81. The molecule has 0 bridgehead atoms. The predicted octanol–water partition coefficient (Wildman–Crippen LogP) is 3.75. The predicted molar refractivity (Wildman–Crippen MR) is 83.4 cm³/mol. The van der Waals surface area contributed by atoms with Crippen LogP contribution in [0.15, 0.2) is 18.3 Å². The molecule has 1 saturated carbocycles. The molecule has 0 aliphatic heterocycles. The molecule has 1 aliphatic rings. The van der Waals surface area contributed by atoms with Gasteiger partial charge in [-0.3, -0.25) is 0 Å². The van der Waals surface area contributed by atoms with E-state index in [-0.39, 0.29) is 0 Å². The standard InChI is InChI=1S/C13H16ClN3S2/c1-17(8-10-4-5-12(14)18-10)13-16-7-11(19-13)6-15-9-2-3-9/h4-5,7,9,15H,2-3,6,8H2,1H3. The minimum absolute atomic E-state index is 0.747. The summed E-state index contributed by atoms with van der Waals surface area (Å²) >= 11 is 9.34. The Bertz CT molecular complexity index is 548. The fourth-order valence-corrected chi connectivity index (χ4v) is 3.79. The summed E-state index contributed by atoms with van der Waals surface area (Å²) in [4.78, 5) is 9.24. The van der Waals surface area contributed by atoms with Crippen molar-refractivity contribution < 1.29 is 0 Å². The number of aromatic nitrogens is 1. The molecule has 0 unspecified atom stereocenters. The number of halogens is 1. The van der Waals surface area contributed by atoms with E-state index in [1.807, 2.05) is 12.3 Å². The van der Waals surface area contributed by atoms with Crippen molar-refractivity contribution in [2.75, 3.05) is 11.9 Å². The van der Waals surface area contributed by atoms with Gasteiger partial charge in [-0.1, -0.05) is 11.6 Å². The van der Waals surface area contributed by atoms with Gasteiger partial charge in [0.25, 0.3) is 0 Å². The monoisotopic (exact) mass is 313 g/mol. The summed E-state index contributed by atoms with van der Waals surface area (Å²) in [6.07, 6.45) is 4.63. The molecule has 2 heterocycles. The topological polar surface area (TPSA) is 28.2 Å². The highest BCUT2D eigenvalue weighted by molar-refractivity contribution is 7.16. The van der Waals surface area contributed by atoms with Crippen molar-refractivity contribution in [3.8, 4) is 0 Å². The number of nitrogens with zero attached hydrogens (tertiary/aromatic N) is 2. The molecule has 3 rings (SSSR count). The second-order valence-electron chi connectivity index (χ2n) is 4.83. The van der Waals surface area contributed by atoms with E-state index in [0.717, 1.165) is 28.6 Å². The van der Waals surface area contributed by atoms with E-state index in [4.69, 9.17) is 11.6 Å². The molecule has 1 aliphatic carbocycles. The number of thiophene rings is 1. The van der Waals surface area contributed by atoms with E-state index in [1.54, 1.807) is 22.7 Å². The Morgan fingerprint density at radius 2 is 2.21 bits per heavy atom. The molecular formula is C13H16ClN3S2. The minimum atomic E-state index is 0.747. The highest BCUT2D eigenvalue weighted by atomic mass is 35.5. The Morgan fingerprint density at radius 3 is 2.89 bits per heavy atom. The molecule has 1 N–H and O–H groups in total. The fraction of sp³-hybridized carbons (Fsp3) is 0.462. The van der Waals surface area contributed by atoms with Gasteiger partial charge in [-0.25, -0.2) is 4.98 Å². The Hall–Kier alpha value is -0.620. The zero-order valence-electron chi connectivity index (χ0n) is 10.7. The third-order valence-electron chi connectivity index (χ3n) is 3.03. The van der Waals surface area contributed by atoms with Gasteiger partial charge in [-0.15, -0.1) is 22.7 Å². The van der Waals surface area contributed by atoms with Crippen LogP contribution >= 0.6 is 34.3 Å². The summed E-state index contributed by atoms with van der Waals surface area (Å²) in [5.74, 6) is 0. The Labute approximate surface area is 126 Å². The lowest BCUT2D eigenvalue weighted by Gasteiger charge is -2.13. The largest absolute Gasteiger partial charge is 0.346 e. The Kier molecular flexibility index (Phi) is 4.07. The lowest BCUT2D eigenvalue weighted by molar-refractivity contribution is 0.694. The number of nitrogens with one attached hydrogen (secondary N) is 1. The van der Waals surface area contributed by atoms with Crippen molar-refractivity contribution in [2.45, 2.75) is 32.0 Å². The summed E-state index contributed by atoms with van der Waals surface area (Å²) in [7, 11) is 2.07. The van der Waals surface area contributed by atoms with Gasteiger partial charge in [0.2, 0.25) is 0 Å². The second-order valence-corrected chi connectivity index (χ2v) is 7.72. The van der Waals surface area contributed by atoms with E-state index < -0.39 is 0 Å². The van der Waals surface area contributed by atoms with E-state index >= 15 is 0 Å². The SMILES string of the molecule is CN(Cc1ccc(Cl)s1)c1ncc(CNC2CC2)s1. The van der Waals surface area contributed by atoms with Crippen molar-refractivity contribution in [1.82, 2.24) is 10.3 Å². The van der Waals surface area contributed by atoms with Crippen LogP contribution in [0.25, 0.3) is 0 Å². The number of hydrogen-bond donors (Lipinski definition) is 1. The lowest BCUT2D eigenvalue weighted by Crippen LogP contribution is -2.15. The first-order valence-corrected chi connectivity index (χ1v) is 8.35. The van der Waals surface area contributed by atoms with Crippen LogP contribution < -0.4 is 10.2 Å². The molecular weight excluding hydrogens is 298 g/mol. The first-order chi connectivity index (χ1) is 9.20. The van der Waals surface area contributed by atoms with Crippen LogP contribution in [0, 0.1) is 0 Å². The van der Waals surface area contributed by atoms with Crippen LogP contribution in [0.2, 0.25) is 4.34 Å². The quantitative estimate of drug-likeness (QED) is 0.880. The van der Waals surface area contributed by atoms with Gasteiger partial charge >= 0.3 is 0 Å². The minimum Gasteiger partial charge on any atom is -0.346 e. The molecule has 0 atom stereocenters. The number of thiazole rings is 1. The Morgan fingerprint density at radius 1 is 1.37 bits per heavy atom. The van der Waals surface area contributed by atoms with Crippen LogP contribution in [-0.4, -0.2) is 18.1 Å². The van der Waals surface area contributed by atoms with Crippen molar-refractivity contribution in [3.05, 3.63) is 32.4 Å². The zero-order valence-corrected chi connectivity index (χ0v) is 13.1. The molecule has 0 amide bonds. The molecule has 3 nitrogen and oxygen atoms in total. The maximum absolute atomic E-state index is 5.95. The molecule has 2 aromatic heterocycles. The molecule has 0 spiro atoms. The molecule has 102 valence electrons. The van der Waals surface area contributed by atoms with Gasteiger partial charge in [0.1, 0.15) is 0 Å². The second kappa shape index (κ2) is 5.79. The van der Waals surface area contributed by atoms with Crippen molar-refractivity contribution in [2.24, 2.45) is 0 Å². The first-order valence-electron chi connectivity index (χ1n) is 6.34. The highest BCUT2D eigenvalue weighted by Gasteiger charge is 2.20. The van der Waals surface area contributed by atoms with E-state index in [2.05, 4.69) is 28.3 Å². The normalized spacial score (nSPS) is 14.8. The Balaban J connectivity index is 1.57. The number of hydrogen-bond acceptors (Lipinski definition) is 5. The average Bonchev–Trinajstić information content (AvgIpc) is 2.94. The molecule has 6 heteroatoms. The number of rotatable bonds is 6. The van der Waals surface area contributed by atoms with E-state index in [1.165, 1.54) is 22.6 Å². The van der Waals surface area contributed by atoms with Crippen molar-refractivity contribution in [1.29, 1.82) is 0 Å². The fourth-order valence-electron chi connectivity index (χ4n) is 1.83. The average molecular weight is 314 g/mol. The molecule has 19 heavy (non-hydrogen) atoms. The first kappa shape index (κ1) is 13.4. The van der Waals surface area contributed by atoms with Crippen LogP contribution in [-0.2, 0) is 13.1 Å². The summed E-state index contributed by atoms with van der Waals surface area (Å²) in [5, 5.41) is 4.58. The van der Waals surface area contributed by atoms with Gasteiger partial charge in [0.15, 0.2) is 5.13 Å². The third kappa shape index (κ3) is 3.69. The van der Waals surface area contributed by atoms with Crippen LogP contribution in [0.4, 0.5) is 5.13 Å². The molecule has 0 aromatic carbocycles. The highest BCUT2D eigenvalue weighted by Crippen LogP contribution is 2.27. The maximum atomic E-state index is 5.95. The molecule has 1 fully saturated rings. The maximum Gasteiger partial charge on any atom is 0.185 e. The van der Waals surface area contributed by atoms with Gasteiger partial charge in [0, 0.05) is 35.6 Å². The summed E-state index contributed by atoms with van der Waals surface area (Å²) in [5.41, 5.74) is 0. The smallest absolute Gasteiger partial charge is 0.185 e. The van der Waals surface area contributed by atoms with Gasteiger partial charge < -0.3 is 10.2 Å². The van der Waals surface area contributed by atoms with Crippen molar-refractivity contribution >= 4 is 39.4 Å².